The number of hydrogen-bond acceptors (Lipinski definition) is 11. The van der Waals surface area contributed by atoms with Crippen LogP contribution in [-0.2, 0) is 32.3 Å². The third-order valence-corrected chi connectivity index (χ3v) is 8.24. The van der Waals surface area contributed by atoms with Gasteiger partial charge in [0.15, 0.2) is 0 Å². The van der Waals surface area contributed by atoms with E-state index in [1.54, 1.807) is 4.90 Å². The predicted octanol–water partition coefficient (Wildman–Crippen LogP) is 3.63. The Labute approximate surface area is 270 Å². The first-order valence-corrected chi connectivity index (χ1v) is 15.3. The minimum absolute atomic E-state index is 0.0301. The normalized spacial score (nSPS) is 19.6. The molecule has 3 atom stereocenters. The van der Waals surface area contributed by atoms with Gasteiger partial charge in [0.2, 0.25) is 5.91 Å². The highest BCUT2D eigenvalue weighted by molar-refractivity contribution is 7.81. The van der Waals surface area contributed by atoms with Crippen LogP contribution in [0.3, 0.4) is 0 Å². The van der Waals surface area contributed by atoms with Crippen LogP contribution in [0.15, 0.2) is 53.5 Å². The maximum absolute atomic E-state index is 13.4. The molecule has 0 aromatic heterocycles. The minimum atomic E-state index is -0.671. The maximum Gasteiger partial charge on any atom is 0.410 e. The fourth-order valence-corrected chi connectivity index (χ4v) is 5.78. The van der Waals surface area contributed by atoms with Crippen molar-refractivity contribution in [2.75, 3.05) is 26.2 Å². The largest absolute Gasteiger partial charge is 0.460 e. The highest BCUT2D eigenvalue weighted by Crippen LogP contribution is 2.28. The maximum atomic E-state index is 13.4. The number of nitro groups is 2. The van der Waals surface area contributed by atoms with E-state index in [2.05, 4.69) is 17.6 Å². The van der Waals surface area contributed by atoms with Crippen molar-refractivity contribution in [3.05, 3.63) is 79.9 Å². The Morgan fingerprint density at radius 1 is 0.935 bits per heavy atom. The van der Waals surface area contributed by atoms with Crippen LogP contribution in [0, 0.1) is 26.1 Å². The molecule has 0 unspecified atom stereocenters. The molecule has 0 saturated carbocycles. The van der Waals surface area contributed by atoms with Crippen LogP contribution < -0.4 is 5.73 Å². The number of esters is 1. The number of nitro benzene ring substituents is 2. The summed E-state index contributed by atoms with van der Waals surface area (Å²) in [5.41, 5.74) is 6.99. The third kappa shape index (κ3) is 9.63. The summed E-state index contributed by atoms with van der Waals surface area (Å²) in [6.07, 6.45) is 1.97. The molecule has 0 radical (unpaired) electrons. The summed E-state index contributed by atoms with van der Waals surface area (Å²) in [6, 6.07) is 10.7. The summed E-state index contributed by atoms with van der Waals surface area (Å²) in [5.74, 6) is -0.271. The van der Waals surface area contributed by atoms with Gasteiger partial charge >= 0.3 is 12.1 Å². The van der Waals surface area contributed by atoms with Crippen molar-refractivity contribution in [1.82, 2.24) is 9.80 Å². The number of hydrogen-bond donors (Lipinski definition) is 2. The van der Waals surface area contributed by atoms with E-state index in [0.717, 1.165) is 12.8 Å². The summed E-state index contributed by atoms with van der Waals surface area (Å²) in [4.78, 5) is 66.4. The lowest BCUT2D eigenvalue weighted by Crippen LogP contribution is -2.47. The summed E-state index contributed by atoms with van der Waals surface area (Å²) < 4.78 is 10.6. The van der Waals surface area contributed by atoms with Crippen LogP contribution in [0.2, 0.25) is 0 Å². The van der Waals surface area contributed by atoms with Gasteiger partial charge in [-0.25, -0.2) is 4.79 Å². The molecule has 0 spiro atoms. The van der Waals surface area contributed by atoms with Gasteiger partial charge in [0.05, 0.1) is 9.85 Å². The van der Waals surface area contributed by atoms with E-state index >= 15 is 0 Å². The monoisotopic (exact) mass is 656 g/mol. The second-order valence-corrected chi connectivity index (χ2v) is 12.0. The molecule has 0 aliphatic carbocycles. The Morgan fingerprint density at radius 3 is 2.11 bits per heavy atom. The second-order valence-electron chi connectivity index (χ2n) is 11.3. The van der Waals surface area contributed by atoms with E-state index in [-0.39, 0.29) is 60.5 Å². The molecule has 46 heavy (non-hydrogen) atoms. The Hall–Kier alpha value is -4.73. The smallest absolute Gasteiger partial charge is 0.410 e. The van der Waals surface area contributed by atoms with E-state index in [4.69, 9.17) is 15.2 Å². The number of thiol groups is 1. The number of amides is 2. The van der Waals surface area contributed by atoms with E-state index in [1.165, 1.54) is 53.4 Å². The number of aliphatic imine (C=N–C) groups is 1. The van der Waals surface area contributed by atoms with Gasteiger partial charge in [-0.15, -0.1) is 0 Å². The number of ether oxygens (including phenoxy) is 2. The molecule has 2 amide bonds. The Balaban J connectivity index is 1.16. The van der Waals surface area contributed by atoms with Gasteiger partial charge in [-0.2, -0.15) is 12.6 Å². The van der Waals surface area contributed by atoms with E-state index in [0.29, 0.717) is 43.6 Å². The fraction of sp³-hybridized carbons (Fsp3) is 0.467. The predicted molar refractivity (Wildman–Crippen MR) is 169 cm³/mol. The molecule has 2 fully saturated rings. The molecule has 2 saturated heterocycles. The molecule has 2 N–H and O–H groups in total. The summed E-state index contributed by atoms with van der Waals surface area (Å²) in [6.45, 7) is 1.73. The fourth-order valence-electron chi connectivity index (χ4n) is 5.41. The lowest BCUT2D eigenvalue weighted by molar-refractivity contribution is -0.385. The van der Waals surface area contributed by atoms with Gasteiger partial charge in [-0.1, -0.05) is 0 Å². The Bertz CT molecular complexity index is 1450. The summed E-state index contributed by atoms with van der Waals surface area (Å²) in [7, 11) is 0. The molecule has 2 aliphatic heterocycles. The topological polar surface area (TPSA) is 201 Å². The van der Waals surface area contributed by atoms with Gasteiger partial charge in [0.1, 0.15) is 31.5 Å². The highest BCUT2D eigenvalue weighted by atomic mass is 32.1. The number of carbonyl (C=O) groups is 3. The van der Waals surface area contributed by atoms with Crippen LogP contribution in [-0.4, -0.2) is 80.9 Å². The quantitative estimate of drug-likeness (QED) is 0.0610. The van der Waals surface area contributed by atoms with Crippen molar-refractivity contribution in [3.8, 4) is 0 Å². The van der Waals surface area contributed by atoms with Crippen molar-refractivity contribution in [3.63, 3.8) is 0 Å². The second kappa shape index (κ2) is 16.0. The molecule has 15 nitrogen and oxygen atoms in total. The lowest BCUT2D eigenvalue weighted by Gasteiger charge is -2.27. The number of likely N-dealkylation sites (tertiary alicyclic amines) is 2. The number of rotatable bonds is 13. The Kier molecular flexibility index (Phi) is 11.9. The van der Waals surface area contributed by atoms with Crippen molar-refractivity contribution in [2.24, 2.45) is 16.6 Å². The van der Waals surface area contributed by atoms with Crippen LogP contribution in [0.4, 0.5) is 16.2 Å². The van der Waals surface area contributed by atoms with Crippen LogP contribution >= 0.6 is 12.6 Å². The number of carbonyl (C=O) groups excluding carboxylic acids is 3. The number of benzene rings is 2. The molecule has 2 aromatic rings. The first-order valence-electron chi connectivity index (χ1n) is 14.8. The first-order chi connectivity index (χ1) is 22.0. The number of nitrogens with zero attached hydrogens (tertiary/aromatic N) is 5. The minimum Gasteiger partial charge on any atom is -0.460 e. The number of amidine groups is 1. The number of non-ortho nitro benzene ring substituents is 2. The number of nitrogens with two attached hydrogens (primary N) is 1. The molecule has 2 aliphatic rings. The third-order valence-electron chi connectivity index (χ3n) is 7.86. The first kappa shape index (κ1) is 34.1. The molecule has 246 valence electrons. The van der Waals surface area contributed by atoms with E-state index in [1.807, 2.05) is 0 Å². The van der Waals surface area contributed by atoms with Crippen molar-refractivity contribution < 1.29 is 33.7 Å². The van der Waals surface area contributed by atoms with Crippen molar-refractivity contribution in [1.29, 1.82) is 0 Å². The zero-order valence-corrected chi connectivity index (χ0v) is 26.0. The molecule has 0 bridgehead atoms. The van der Waals surface area contributed by atoms with E-state index < -0.39 is 28.0 Å². The molecular formula is C30H36N6O9S. The highest BCUT2D eigenvalue weighted by Gasteiger charge is 2.42. The zero-order valence-electron chi connectivity index (χ0n) is 25.1. The van der Waals surface area contributed by atoms with Crippen molar-refractivity contribution in [2.45, 2.75) is 56.6 Å². The van der Waals surface area contributed by atoms with Crippen LogP contribution in [0.1, 0.15) is 43.2 Å². The van der Waals surface area contributed by atoms with Crippen LogP contribution in [0.25, 0.3) is 0 Å². The van der Waals surface area contributed by atoms with Gasteiger partial charge in [0, 0.05) is 55.7 Å². The molecule has 4 rings (SSSR count). The lowest BCUT2D eigenvalue weighted by atomic mass is 10.0. The van der Waals surface area contributed by atoms with Gasteiger partial charge in [-0.3, -0.25) is 39.7 Å². The summed E-state index contributed by atoms with van der Waals surface area (Å²) >= 11 is 4.50. The Morgan fingerprint density at radius 2 is 1.52 bits per heavy atom. The molecular weight excluding hydrogens is 620 g/mol. The standard InChI is InChI=1S/C30H36N6O9S/c31-27(15-28(37)44-18-21-3-7-23(8-4-21)35(40)41)32-12-1-2-20-11-13-33(16-20)29(38)26-14-25(46)17-34(26)30(39)45-19-22-5-9-24(10-6-22)36(42)43/h3-10,20,25-26,46H,1-2,11-19H2,(H2,31,32)/t20-,25-,26-/m0/s1. The molecule has 2 aromatic carbocycles. The average molecular weight is 657 g/mol. The molecule has 16 heteroatoms. The van der Waals surface area contributed by atoms with Crippen LogP contribution in [0.5, 0.6) is 0 Å². The summed E-state index contributed by atoms with van der Waals surface area (Å²) in [5, 5.41) is 21.4. The van der Waals surface area contributed by atoms with Gasteiger partial charge < -0.3 is 20.1 Å². The average Bonchev–Trinajstić information content (AvgIpc) is 3.68. The van der Waals surface area contributed by atoms with E-state index in [9.17, 15) is 34.6 Å². The SMILES string of the molecule is NC(CC(=O)OCc1ccc([N+](=O)[O-])cc1)=NCCC[C@H]1CCN(C(=O)[C@@H]2C[C@H](S)CN2C(=O)OCc2ccc([N+](=O)[O-])cc2)C1. The van der Waals surface area contributed by atoms with Gasteiger partial charge in [-0.05, 0) is 67.0 Å². The van der Waals surface area contributed by atoms with Gasteiger partial charge in [0.25, 0.3) is 11.4 Å². The molecule has 2 heterocycles. The van der Waals surface area contributed by atoms with Crippen molar-refractivity contribution >= 4 is 47.8 Å². The zero-order chi connectivity index (χ0) is 33.2.